The van der Waals surface area contributed by atoms with Gasteiger partial charge >= 0.3 is 0 Å². The van der Waals surface area contributed by atoms with E-state index in [9.17, 15) is 0 Å². The number of ether oxygens (including phenoxy) is 1. The molecular weight excluding hydrogens is 174 g/mol. The van der Waals surface area contributed by atoms with E-state index in [1.807, 2.05) is 6.08 Å². The van der Waals surface area contributed by atoms with E-state index in [1.54, 1.807) is 0 Å². The monoisotopic (exact) mass is 191 g/mol. The second kappa shape index (κ2) is 2.76. The van der Waals surface area contributed by atoms with Crippen molar-refractivity contribution in [1.82, 2.24) is 0 Å². The lowest BCUT2D eigenvalue weighted by Gasteiger charge is -2.27. The Morgan fingerprint density at radius 2 is 2.14 bits per heavy atom. The number of nitriles is 1. The van der Waals surface area contributed by atoms with Gasteiger partial charge in [-0.15, -0.1) is 0 Å². The van der Waals surface area contributed by atoms with Gasteiger partial charge in [0.2, 0.25) is 0 Å². The molecule has 1 fully saturated rings. The summed E-state index contributed by atoms with van der Waals surface area (Å²) in [5, 5.41) is 9.07. The third-order valence-corrected chi connectivity index (χ3v) is 3.60. The van der Waals surface area contributed by atoms with Gasteiger partial charge in [0.1, 0.15) is 11.5 Å². The normalized spacial score (nSPS) is 39.3. The largest absolute Gasteiger partial charge is 0.490 e. The highest BCUT2D eigenvalue weighted by Gasteiger charge is 2.47. The van der Waals surface area contributed by atoms with Crippen molar-refractivity contribution in [2.75, 3.05) is 0 Å². The highest BCUT2D eigenvalue weighted by molar-refractivity contribution is 5.24. The van der Waals surface area contributed by atoms with Gasteiger partial charge in [-0.3, -0.25) is 0 Å². The minimum absolute atomic E-state index is 0.0583. The van der Waals surface area contributed by atoms with Crippen molar-refractivity contribution in [3.63, 3.8) is 0 Å². The Hall–Kier alpha value is -0.970. The van der Waals surface area contributed by atoms with Crippen molar-refractivity contribution in [3.05, 3.63) is 11.8 Å². The van der Waals surface area contributed by atoms with Crippen molar-refractivity contribution in [1.29, 1.82) is 5.26 Å². The van der Waals surface area contributed by atoms with E-state index in [0.717, 1.165) is 25.0 Å². The minimum atomic E-state index is -0.252. The first kappa shape index (κ1) is 9.58. The number of nitrogens with zero attached hydrogens (tertiary/aromatic N) is 1. The van der Waals surface area contributed by atoms with Gasteiger partial charge in [0.05, 0.1) is 11.8 Å². The van der Waals surface area contributed by atoms with Gasteiger partial charge < -0.3 is 4.74 Å². The van der Waals surface area contributed by atoms with Crippen LogP contribution in [0.2, 0.25) is 0 Å². The van der Waals surface area contributed by atoms with Gasteiger partial charge in [0, 0.05) is 5.41 Å². The van der Waals surface area contributed by atoms with E-state index < -0.39 is 0 Å². The molecule has 14 heavy (non-hydrogen) atoms. The number of fused-ring (bicyclic) bond motifs is 2. The molecule has 0 aromatic rings. The summed E-state index contributed by atoms with van der Waals surface area (Å²) in [5.41, 5.74) is -0.138. The number of hydrogen-bond acceptors (Lipinski definition) is 2. The van der Waals surface area contributed by atoms with Crippen molar-refractivity contribution in [2.45, 2.75) is 45.6 Å². The van der Waals surface area contributed by atoms with E-state index in [-0.39, 0.29) is 16.9 Å². The van der Waals surface area contributed by atoms with Gasteiger partial charge in [0.15, 0.2) is 0 Å². The summed E-state index contributed by atoms with van der Waals surface area (Å²) in [6.07, 6.45) is 5.33. The van der Waals surface area contributed by atoms with Crippen LogP contribution in [-0.4, -0.2) is 5.60 Å². The van der Waals surface area contributed by atoms with Crippen molar-refractivity contribution < 1.29 is 4.74 Å². The molecule has 1 saturated heterocycles. The summed E-state index contributed by atoms with van der Waals surface area (Å²) >= 11 is 0. The highest BCUT2D eigenvalue weighted by atomic mass is 16.5. The summed E-state index contributed by atoms with van der Waals surface area (Å²) in [6.45, 7) is 6.46. The Morgan fingerprint density at radius 1 is 1.43 bits per heavy atom. The van der Waals surface area contributed by atoms with Gasteiger partial charge in [-0.05, 0) is 32.3 Å². The number of allylic oxidation sites excluding steroid dienone is 1. The molecule has 0 amide bonds. The maximum atomic E-state index is 9.07. The predicted octanol–water partition coefficient (Wildman–Crippen LogP) is 3.01. The lowest BCUT2D eigenvalue weighted by Crippen LogP contribution is -2.30. The Balaban J connectivity index is 2.39. The van der Waals surface area contributed by atoms with Crippen LogP contribution in [0.3, 0.4) is 0 Å². The van der Waals surface area contributed by atoms with E-state index in [2.05, 4.69) is 26.8 Å². The van der Waals surface area contributed by atoms with E-state index in [0.29, 0.717) is 0 Å². The van der Waals surface area contributed by atoms with Crippen LogP contribution >= 0.6 is 0 Å². The molecule has 0 N–H and O–H groups in total. The standard InChI is InChI=1S/C12H17NO/c1-11(2)5-4-6-12(3)9(8-13)7-10(11)14-12/h7,9H,4-6H2,1-3H3. The van der Waals surface area contributed by atoms with Crippen LogP contribution in [0.25, 0.3) is 0 Å². The predicted molar refractivity (Wildman–Crippen MR) is 54.3 cm³/mol. The molecule has 2 atom stereocenters. The Bertz CT molecular complexity index is 324. The van der Waals surface area contributed by atoms with Gasteiger partial charge in [0.25, 0.3) is 0 Å². The maximum Gasteiger partial charge on any atom is 0.125 e. The molecule has 0 saturated carbocycles. The minimum Gasteiger partial charge on any atom is -0.490 e. The van der Waals surface area contributed by atoms with Crippen LogP contribution in [0.5, 0.6) is 0 Å². The molecule has 0 aromatic heterocycles. The zero-order valence-electron chi connectivity index (χ0n) is 9.13. The fraction of sp³-hybridized carbons (Fsp3) is 0.750. The quantitative estimate of drug-likeness (QED) is 0.589. The molecule has 2 heterocycles. The summed E-state index contributed by atoms with van der Waals surface area (Å²) < 4.78 is 5.97. The molecule has 76 valence electrons. The van der Waals surface area contributed by atoms with Crippen LogP contribution in [0.4, 0.5) is 0 Å². The third-order valence-electron chi connectivity index (χ3n) is 3.60. The van der Waals surface area contributed by atoms with Crippen molar-refractivity contribution in [3.8, 4) is 6.07 Å². The van der Waals surface area contributed by atoms with Crippen LogP contribution in [0.1, 0.15) is 40.0 Å². The Labute approximate surface area is 85.6 Å². The molecular formula is C12H17NO. The molecule has 0 aliphatic carbocycles. The summed E-state index contributed by atoms with van der Waals surface area (Å²) in [7, 11) is 0. The lowest BCUT2D eigenvalue weighted by atomic mass is 9.79. The Kier molecular flexibility index (Phi) is 1.89. The maximum absolute atomic E-state index is 9.07. The first-order chi connectivity index (χ1) is 6.48. The zero-order valence-corrected chi connectivity index (χ0v) is 9.13. The lowest BCUT2D eigenvalue weighted by molar-refractivity contribution is 0.00898. The van der Waals surface area contributed by atoms with Crippen LogP contribution in [0.15, 0.2) is 11.8 Å². The number of hydrogen-bond donors (Lipinski definition) is 0. The Morgan fingerprint density at radius 3 is 2.79 bits per heavy atom. The summed E-state index contributed by atoms with van der Waals surface area (Å²) in [4.78, 5) is 0. The second-order valence-corrected chi connectivity index (χ2v) is 5.29. The molecule has 2 aliphatic rings. The molecule has 0 radical (unpaired) electrons. The molecule has 0 aromatic carbocycles. The van der Waals surface area contributed by atoms with Crippen molar-refractivity contribution in [2.24, 2.45) is 11.3 Å². The van der Waals surface area contributed by atoms with Gasteiger partial charge in [-0.2, -0.15) is 5.26 Å². The topological polar surface area (TPSA) is 33.0 Å². The van der Waals surface area contributed by atoms with E-state index in [1.165, 1.54) is 0 Å². The van der Waals surface area contributed by atoms with E-state index in [4.69, 9.17) is 10.00 Å². The van der Waals surface area contributed by atoms with Crippen LogP contribution < -0.4 is 0 Å². The smallest absolute Gasteiger partial charge is 0.125 e. The zero-order chi connectivity index (χ0) is 10.4. The first-order valence-corrected chi connectivity index (χ1v) is 5.29. The molecule has 2 bridgehead atoms. The van der Waals surface area contributed by atoms with Crippen LogP contribution in [-0.2, 0) is 4.74 Å². The fourth-order valence-electron chi connectivity index (χ4n) is 2.42. The van der Waals surface area contributed by atoms with Gasteiger partial charge in [-0.1, -0.05) is 13.8 Å². The second-order valence-electron chi connectivity index (χ2n) is 5.29. The molecule has 2 heteroatoms. The van der Waals surface area contributed by atoms with Gasteiger partial charge in [-0.25, -0.2) is 0 Å². The third kappa shape index (κ3) is 1.23. The first-order valence-electron chi connectivity index (χ1n) is 5.29. The van der Waals surface area contributed by atoms with E-state index >= 15 is 0 Å². The summed E-state index contributed by atoms with van der Waals surface area (Å²) in [5.74, 6) is 0.973. The molecule has 2 rings (SSSR count). The summed E-state index contributed by atoms with van der Waals surface area (Å²) in [6, 6.07) is 2.34. The molecule has 2 unspecified atom stereocenters. The number of rotatable bonds is 0. The highest BCUT2D eigenvalue weighted by Crippen LogP contribution is 2.49. The average molecular weight is 191 g/mol. The molecule has 2 aliphatic heterocycles. The SMILES string of the molecule is CC1(C)CCCC2(C)OC1=CC2C#N. The molecule has 0 spiro atoms. The molecule has 2 nitrogen and oxygen atoms in total. The fourth-order valence-corrected chi connectivity index (χ4v) is 2.42. The average Bonchev–Trinajstić information content (AvgIpc) is 2.37. The van der Waals surface area contributed by atoms with Crippen LogP contribution in [0, 0.1) is 22.7 Å². The van der Waals surface area contributed by atoms with Crippen molar-refractivity contribution >= 4 is 0 Å².